The summed E-state index contributed by atoms with van der Waals surface area (Å²) in [6, 6.07) is 7.03. The number of nitrogens with zero attached hydrogens (tertiary/aromatic N) is 1. The fraction of sp³-hybridized carbons (Fsp3) is 0.200. The molecule has 1 aromatic heterocycles. The van der Waals surface area contributed by atoms with Crippen LogP contribution in [-0.4, -0.2) is 18.1 Å². The van der Waals surface area contributed by atoms with E-state index in [0.717, 1.165) is 12.3 Å². The van der Waals surface area contributed by atoms with E-state index in [0.29, 0.717) is 0 Å². The van der Waals surface area contributed by atoms with E-state index in [-0.39, 0.29) is 11.3 Å². The number of anilines is 1. The Kier molecular flexibility index (Phi) is 4.16. The van der Waals surface area contributed by atoms with E-state index in [4.69, 9.17) is 4.74 Å². The molecular weight excluding hydrogens is 278 g/mol. The van der Waals surface area contributed by atoms with Gasteiger partial charge in [0.1, 0.15) is 11.6 Å². The first kappa shape index (κ1) is 14.9. The Hall–Kier alpha value is -2.50. The lowest BCUT2D eigenvalue weighted by Crippen LogP contribution is -2.42. The molecule has 4 nitrogen and oxygen atoms in total. The summed E-state index contributed by atoms with van der Waals surface area (Å²) in [7, 11) is 1.20. The fourth-order valence-electron chi connectivity index (χ4n) is 1.96. The fourth-order valence-corrected chi connectivity index (χ4v) is 1.96. The summed E-state index contributed by atoms with van der Waals surface area (Å²) >= 11 is 0. The smallest absolute Gasteiger partial charge is 0.335 e. The van der Waals surface area contributed by atoms with Crippen molar-refractivity contribution in [2.75, 3.05) is 12.4 Å². The maximum atomic E-state index is 13.8. The summed E-state index contributed by atoms with van der Waals surface area (Å²) in [5.41, 5.74) is -1.13. The molecule has 0 aliphatic carbocycles. The molecular formula is C15H14F2N2O2. The minimum Gasteiger partial charge on any atom is -0.467 e. The quantitative estimate of drug-likeness (QED) is 0.880. The largest absolute Gasteiger partial charge is 0.467 e. The number of hydrogen-bond donors (Lipinski definition) is 1. The van der Waals surface area contributed by atoms with Gasteiger partial charge in [0.2, 0.25) is 0 Å². The molecule has 0 saturated carbocycles. The molecule has 1 heterocycles. The van der Waals surface area contributed by atoms with Crippen LogP contribution >= 0.6 is 0 Å². The van der Waals surface area contributed by atoms with E-state index in [2.05, 4.69) is 10.3 Å². The highest BCUT2D eigenvalue weighted by Crippen LogP contribution is 2.28. The summed E-state index contributed by atoms with van der Waals surface area (Å²) in [6.45, 7) is 1.47. The van der Waals surface area contributed by atoms with E-state index in [1.165, 1.54) is 38.4 Å². The van der Waals surface area contributed by atoms with Crippen molar-refractivity contribution in [3.63, 3.8) is 0 Å². The molecule has 0 radical (unpaired) electrons. The maximum absolute atomic E-state index is 13.8. The Bertz CT molecular complexity index is 664. The highest BCUT2D eigenvalue weighted by molar-refractivity contribution is 5.85. The van der Waals surface area contributed by atoms with Crippen molar-refractivity contribution in [3.05, 3.63) is 59.9 Å². The van der Waals surface area contributed by atoms with Crippen molar-refractivity contribution in [3.8, 4) is 0 Å². The predicted octanol–water partition coefficient (Wildman–Crippen LogP) is 2.86. The van der Waals surface area contributed by atoms with Crippen molar-refractivity contribution in [2.24, 2.45) is 0 Å². The standard InChI is InChI=1S/C15H14F2N2O2/c1-15(14(20)21-2,10-7-11(16)9-18-8-10)19-13-6-4-3-5-12(13)17/h3-9,19H,1-2H3. The normalized spacial score (nSPS) is 13.3. The first-order valence-electron chi connectivity index (χ1n) is 6.19. The van der Waals surface area contributed by atoms with Gasteiger partial charge in [0.25, 0.3) is 0 Å². The lowest BCUT2D eigenvalue weighted by atomic mass is 9.93. The zero-order chi connectivity index (χ0) is 15.5. The molecule has 0 aliphatic rings. The van der Waals surface area contributed by atoms with Gasteiger partial charge in [-0.15, -0.1) is 0 Å². The number of esters is 1. The van der Waals surface area contributed by atoms with Crippen LogP contribution in [0.3, 0.4) is 0 Å². The van der Waals surface area contributed by atoms with E-state index in [9.17, 15) is 13.6 Å². The number of methoxy groups -OCH3 is 1. The predicted molar refractivity (Wildman–Crippen MR) is 73.6 cm³/mol. The number of para-hydroxylation sites is 1. The van der Waals surface area contributed by atoms with Crippen molar-refractivity contribution >= 4 is 11.7 Å². The number of hydrogen-bond acceptors (Lipinski definition) is 4. The average Bonchev–Trinajstić information content (AvgIpc) is 2.48. The number of rotatable bonds is 4. The van der Waals surface area contributed by atoms with E-state index in [1.807, 2.05) is 0 Å². The first-order valence-corrected chi connectivity index (χ1v) is 6.19. The monoisotopic (exact) mass is 292 g/mol. The molecule has 0 aliphatic heterocycles. The number of halogens is 2. The zero-order valence-electron chi connectivity index (χ0n) is 11.6. The molecule has 0 saturated heterocycles. The molecule has 0 amide bonds. The molecule has 2 aromatic rings. The van der Waals surface area contributed by atoms with Gasteiger partial charge in [-0.3, -0.25) is 4.98 Å². The summed E-state index contributed by atoms with van der Waals surface area (Å²) in [5, 5.41) is 2.76. The van der Waals surface area contributed by atoms with Gasteiger partial charge in [-0.1, -0.05) is 12.1 Å². The van der Waals surface area contributed by atoms with Crippen LogP contribution < -0.4 is 5.32 Å². The number of carbonyl (C=O) groups is 1. The van der Waals surface area contributed by atoms with Gasteiger partial charge in [-0.25, -0.2) is 13.6 Å². The van der Waals surface area contributed by atoms with Crippen molar-refractivity contribution < 1.29 is 18.3 Å². The van der Waals surface area contributed by atoms with Gasteiger partial charge in [-0.2, -0.15) is 0 Å². The van der Waals surface area contributed by atoms with Crippen LogP contribution in [0.5, 0.6) is 0 Å². The van der Waals surface area contributed by atoms with Crippen LogP contribution in [0.2, 0.25) is 0 Å². The molecule has 1 atom stereocenters. The molecule has 0 spiro atoms. The van der Waals surface area contributed by atoms with Crippen LogP contribution in [0.1, 0.15) is 12.5 Å². The lowest BCUT2D eigenvalue weighted by molar-refractivity contribution is -0.145. The average molecular weight is 292 g/mol. The molecule has 110 valence electrons. The second-order valence-corrected chi connectivity index (χ2v) is 4.61. The SMILES string of the molecule is COC(=O)C(C)(Nc1ccccc1F)c1cncc(F)c1. The summed E-state index contributed by atoms with van der Waals surface area (Å²) in [5.74, 6) is -1.81. The number of pyridine rings is 1. The van der Waals surface area contributed by atoms with Gasteiger partial charge >= 0.3 is 5.97 Å². The first-order chi connectivity index (χ1) is 9.97. The van der Waals surface area contributed by atoms with Gasteiger partial charge in [0.15, 0.2) is 5.54 Å². The molecule has 21 heavy (non-hydrogen) atoms. The highest BCUT2D eigenvalue weighted by Gasteiger charge is 2.37. The van der Waals surface area contributed by atoms with Gasteiger partial charge in [0, 0.05) is 11.8 Å². The van der Waals surface area contributed by atoms with Crippen molar-refractivity contribution in [1.29, 1.82) is 0 Å². The Morgan fingerprint density at radius 3 is 2.62 bits per heavy atom. The Balaban J connectivity index is 2.48. The Labute approximate surface area is 120 Å². The molecule has 1 unspecified atom stereocenters. The maximum Gasteiger partial charge on any atom is 0.335 e. The zero-order valence-corrected chi connectivity index (χ0v) is 11.6. The summed E-state index contributed by atoms with van der Waals surface area (Å²) in [4.78, 5) is 15.8. The molecule has 0 fully saturated rings. The van der Waals surface area contributed by atoms with Gasteiger partial charge in [0.05, 0.1) is 19.0 Å². The third kappa shape index (κ3) is 2.99. The molecule has 1 N–H and O–H groups in total. The van der Waals surface area contributed by atoms with Crippen LogP contribution in [0.4, 0.5) is 14.5 Å². The Morgan fingerprint density at radius 1 is 1.29 bits per heavy atom. The molecule has 2 rings (SSSR count). The third-order valence-electron chi connectivity index (χ3n) is 3.13. The summed E-state index contributed by atoms with van der Waals surface area (Å²) < 4.78 is 31.9. The Morgan fingerprint density at radius 2 is 2.00 bits per heavy atom. The van der Waals surface area contributed by atoms with E-state index >= 15 is 0 Å². The van der Waals surface area contributed by atoms with E-state index in [1.54, 1.807) is 6.07 Å². The lowest BCUT2D eigenvalue weighted by Gasteiger charge is -2.29. The number of carbonyl (C=O) groups excluding carboxylic acids is 1. The number of ether oxygens (including phenoxy) is 1. The van der Waals surface area contributed by atoms with Crippen LogP contribution in [0, 0.1) is 11.6 Å². The minimum absolute atomic E-state index is 0.106. The van der Waals surface area contributed by atoms with Gasteiger partial charge < -0.3 is 10.1 Å². The van der Waals surface area contributed by atoms with Crippen molar-refractivity contribution in [2.45, 2.75) is 12.5 Å². The van der Waals surface area contributed by atoms with Crippen LogP contribution in [0.15, 0.2) is 42.7 Å². The molecule has 0 bridgehead atoms. The topological polar surface area (TPSA) is 51.2 Å². The van der Waals surface area contributed by atoms with E-state index < -0.39 is 23.1 Å². The second-order valence-electron chi connectivity index (χ2n) is 4.61. The molecule has 1 aromatic carbocycles. The van der Waals surface area contributed by atoms with Crippen LogP contribution in [-0.2, 0) is 15.1 Å². The number of benzene rings is 1. The molecule has 6 heteroatoms. The van der Waals surface area contributed by atoms with Crippen LogP contribution in [0.25, 0.3) is 0 Å². The highest BCUT2D eigenvalue weighted by atomic mass is 19.1. The van der Waals surface area contributed by atoms with Gasteiger partial charge in [-0.05, 0) is 25.1 Å². The second kappa shape index (κ2) is 5.87. The van der Waals surface area contributed by atoms with Crippen molar-refractivity contribution in [1.82, 2.24) is 4.98 Å². The number of aromatic nitrogens is 1. The minimum atomic E-state index is -1.47. The number of nitrogens with one attached hydrogen (secondary N) is 1. The third-order valence-corrected chi connectivity index (χ3v) is 3.13. The summed E-state index contributed by atoms with van der Waals surface area (Å²) in [6.07, 6.45) is 2.35.